The molecular weight excluding hydrogens is 268 g/mol. The topological polar surface area (TPSA) is 83.6 Å². The van der Waals surface area contributed by atoms with Crippen LogP contribution in [0.3, 0.4) is 0 Å². The maximum Gasteiger partial charge on any atom is 0.326 e. The first-order chi connectivity index (χ1) is 9.95. The number of rotatable bonds is 4. The minimum Gasteiger partial charge on any atom is -0.480 e. The van der Waals surface area contributed by atoms with Gasteiger partial charge in [0.05, 0.1) is 6.04 Å². The Morgan fingerprint density at radius 2 is 2.00 bits per heavy atom. The molecule has 0 radical (unpaired) electrons. The predicted octanol–water partition coefficient (Wildman–Crippen LogP) is 1.40. The summed E-state index contributed by atoms with van der Waals surface area (Å²) in [5.74, 6) is -1.22. The standard InChI is InChI=1S/C16H22N2O3/c1-3-10(2)14(17)15(19)18-9-12-7-5-4-6-11(12)8-13(18)16(20)21/h4-7,10,13-14H,3,8-9,17H2,1-2H3,(H,20,21)/t10?,13-,14?/m0/s1. The number of nitrogens with two attached hydrogens (primary N) is 1. The highest BCUT2D eigenvalue weighted by Crippen LogP contribution is 2.25. The van der Waals surface area contributed by atoms with Crippen molar-refractivity contribution in [1.82, 2.24) is 4.90 Å². The fraction of sp³-hybridized carbons (Fsp3) is 0.500. The van der Waals surface area contributed by atoms with Gasteiger partial charge in [-0.25, -0.2) is 4.79 Å². The molecule has 1 aromatic carbocycles. The van der Waals surface area contributed by atoms with Crippen LogP contribution in [0.1, 0.15) is 31.4 Å². The molecule has 3 atom stereocenters. The molecule has 114 valence electrons. The molecule has 0 saturated carbocycles. The van der Waals surface area contributed by atoms with Crippen molar-refractivity contribution >= 4 is 11.9 Å². The van der Waals surface area contributed by atoms with E-state index >= 15 is 0 Å². The lowest BCUT2D eigenvalue weighted by atomic mass is 9.91. The zero-order valence-corrected chi connectivity index (χ0v) is 12.5. The Bertz CT molecular complexity index is 544. The average Bonchev–Trinajstić information content (AvgIpc) is 2.51. The van der Waals surface area contributed by atoms with Crippen LogP contribution in [0.25, 0.3) is 0 Å². The molecule has 0 aliphatic carbocycles. The highest BCUT2D eigenvalue weighted by atomic mass is 16.4. The molecule has 1 amide bonds. The van der Waals surface area contributed by atoms with E-state index in [1.165, 1.54) is 4.90 Å². The lowest BCUT2D eigenvalue weighted by molar-refractivity contribution is -0.152. The van der Waals surface area contributed by atoms with Gasteiger partial charge in [0.15, 0.2) is 0 Å². The Kier molecular flexibility index (Phi) is 4.63. The molecule has 5 heteroatoms. The van der Waals surface area contributed by atoms with Gasteiger partial charge in [0.25, 0.3) is 0 Å². The van der Waals surface area contributed by atoms with Crippen molar-refractivity contribution in [1.29, 1.82) is 0 Å². The number of carbonyl (C=O) groups excluding carboxylic acids is 1. The van der Waals surface area contributed by atoms with Crippen LogP contribution in [0, 0.1) is 5.92 Å². The molecule has 1 aliphatic heterocycles. The van der Waals surface area contributed by atoms with Crippen molar-refractivity contribution in [2.45, 2.75) is 45.3 Å². The van der Waals surface area contributed by atoms with E-state index < -0.39 is 18.1 Å². The van der Waals surface area contributed by atoms with E-state index in [0.717, 1.165) is 17.5 Å². The number of amides is 1. The van der Waals surface area contributed by atoms with Crippen molar-refractivity contribution < 1.29 is 14.7 Å². The summed E-state index contributed by atoms with van der Waals surface area (Å²) in [6, 6.07) is 6.16. The van der Waals surface area contributed by atoms with E-state index in [0.29, 0.717) is 13.0 Å². The summed E-state index contributed by atoms with van der Waals surface area (Å²) < 4.78 is 0. The Labute approximate surface area is 124 Å². The van der Waals surface area contributed by atoms with Crippen LogP contribution in [0.2, 0.25) is 0 Å². The molecule has 1 aromatic rings. The van der Waals surface area contributed by atoms with E-state index in [-0.39, 0.29) is 11.8 Å². The number of carboxylic acid groups (broad SMARTS) is 1. The minimum absolute atomic E-state index is 0.0316. The van der Waals surface area contributed by atoms with Gasteiger partial charge in [-0.05, 0) is 17.0 Å². The van der Waals surface area contributed by atoms with Crippen LogP contribution in [0.5, 0.6) is 0 Å². The number of nitrogens with zero attached hydrogens (tertiary/aromatic N) is 1. The average molecular weight is 290 g/mol. The summed E-state index contributed by atoms with van der Waals surface area (Å²) in [6.07, 6.45) is 1.12. The number of hydrogen-bond acceptors (Lipinski definition) is 3. The number of aliphatic carboxylic acids is 1. The van der Waals surface area contributed by atoms with Gasteiger partial charge in [-0.2, -0.15) is 0 Å². The van der Waals surface area contributed by atoms with Gasteiger partial charge in [0.1, 0.15) is 6.04 Å². The normalized spacial score (nSPS) is 20.5. The minimum atomic E-state index is -0.978. The first-order valence-corrected chi connectivity index (χ1v) is 7.31. The maximum absolute atomic E-state index is 12.6. The quantitative estimate of drug-likeness (QED) is 0.878. The molecule has 1 aliphatic rings. The highest BCUT2D eigenvalue weighted by Gasteiger charge is 2.37. The van der Waals surface area contributed by atoms with Gasteiger partial charge in [-0.1, -0.05) is 44.5 Å². The monoisotopic (exact) mass is 290 g/mol. The van der Waals surface area contributed by atoms with Crippen molar-refractivity contribution in [2.24, 2.45) is 11.7 Å². The van der Waals surface area contributed by atoms with Crippen molar-refractivity contribution in [3.05, 3.63) is 35.4 Å². The Hall–Kier alpha value is -1.88. The smallest absolute Gasteiger partial charge is 0.326 e. The Morgan fingerprint density at radius 1 is 1.38 bits per heavy atom. The molecule has 0 spiro atoms. The fourth-order valence-electron chi connectivity index (χ4n) is 2.66. The molecule has 0 aromatic heterocycles. The SMILES string of the molecule is CCC(C)C(N)C(=O)N1Cc2ccccc2C[C@H]1C(=O)O. The van der Waals surface area contributed by atoms with Crippen LogP contribution in [0.15, 0.2) is 24.3 Å². The molecule has 1 heterocycles. The third kappa shape index (κ3) is 3.08. The van der Waals surface area contributed by atoms with E-state index in [2.05, 4.69) is 0 Å². The predicted molar refractivity (Wildman–Crippen MR) is 79.6 cm³/mol. The van der Waals surface area contributed by atoms with Gasteiger partial charge >= 0.3 is 5.97 Å². The van der Waals surface area contributed by atoms with Gasteiger partial charge < -0.3 is 15.7 Å². The largest absolute Gasteiger partial charge is 0.480 e. The van der Waals surface area contributed by atoms with Crippen LogP contribution in [-0.4, -0.2) is 34.0 Å². The lowest BCUT2D eigenvalue weighted by Gasteiger charge is -2.36. The Balaban J connectivity index is 2.28. The number of hydrogen-bond donors (Lipinski definition) is 2. The fourth-order valence-corrected chi connectivity index (χ4v) is 2.66. The molecule has 0 saturated heterocycles. The summed E-state index contributed by atoms with van der Waals surface area (Å²) in [4.78, 5) is 25.5. The van der Waals surface area contributed by atoms with Gasteiger partial charge in [0, 0.05) is 13.0 Å². The van der Waals surface area contributed by atoms with E-state index in [4.69, 9.17) is 5.73 Å². The second-order valence-corrected chi connectivity index (χ2v) is 5.70. The number of carboxylic acids is 1. The molecule has 2 rings (SSSR count). The molecule has 0 bridgehead atoms. The van der Waals surface area contributed by atoms with E-state index in [1.54, 1.807) is 0 Å². The Morgan fingerprint density at radius 3 is 2.57 bits per heavy atom. The molecule has 2 unspecified atom stereocenters. The van der Waals surface area contributed by atoms with Crippen molar-refractivity contribution in [3.63, 3.8) is 0 Å². The van der Waals surface area contributed by atoms with Crippen LogP contribution in [-0.2, 0) is 22.6 Å². The second-order valence-electron chi connectivity index (χ2n) is 5.70. The third-order valence-electron chi connectivity index (χ3n) is 4.36. The van der Waals surface area contributed by atoms with Crippen molar-refractivity contribution in [2.75, 3.05) is 0 Å². The van der Waals surface area contributed by atoms with E-state index in [9.17, 15) is 14.7 Å². The molecule has 5 nitrogen and oxygen atoms in total. The maximum atomic E-state index is 12.6. The number of carbonyl (C=O) groups is 2. The first-order valence-electron chi connectivity index (χ1n) is 7.31. The van der Waals surface area contributed by atoms with Crippen molar-refractivity contribution in [3.8, 4) is 0 Å². The second kappa shape index (κ2) is 6.26. The zero-order chi connectivity index (χ0) is 15.6. The van der Waals surface area contributed by atoms with Crippen LogP contribution < -0.4 is 5.73 Å². The summed E-state index contributed by atoms with van der Waals surface area (Å²) in [6.45, 7) is 4.20. The summed E-state index contributed by atoms with van der Waals surface area (Å²) in [5, 5.41) is 9.43. The summed E-state index contributed by atoms with van der Waals surface area (Å²) in [5.41, 5.74) is 7.99. The van der Waals surface area contributed by atoms with Gasteiger partial charge in [-0.3, -0.25) is 4.79 Å². The lowest BCUT2D eigenvalue weighted by Crippen LogP contribution is -2.55. The third-order valence-corrected chi connectivity index (χ3v) is 4.36. The summed E-state index contributed by atoms with van der Waals surface area (Å²) >= 11 is 0. The zero-order valence-electron chi connectivity index (χ0n) is 12.5. The first kappa shape index (κ1) is 15.5. The van der Waals surface area contributed by atoms with Gasteiger partial charge in [-0.15, -0.1) is 0 Å². The molecule has 21 heavy (non-hydrogen) atoms. The highest BCUT2D eigenvalue weighted by molar-refractivity contribution is 5.87. The molecule has 3 N–H and O–H groups in total. The van der Waals surface area contributed by atoms with Crippen LogP contribution in [0.4, 0.5) is 0 Å². The number of fused-ring (bicyclic) bond motifs is 1. The van der Waals surface area contributed by atoms with Gasteiger partial charge in [0.2, 0.25) is 5.91 Å². The summed E-state index contributed by atoms with van der Waals surface area (Å²) in [7, 11) is 0. The van der Waals surface area contributed by atoms with E-state index in [1.807, 2.05) is 38.1 Å². The number of benzene rings is 1. The molecular formula is C16H22N2O3. The van der Waals surface area contributed by atoms with Crippen LogP contribution >= 0.6 is 0 Å². The molecule has 0 fully saturated rings.